The smallest absolute Gasteiger partial charge is 0.127 e. The number of hydrogen-bond acceptors (Lipinski definition) is 2. The Kier molecular flexibility index (Phi) is 2.29. The van der Waals surface area contributed by atoms with Crippen molar-refractivity contribution in [3.63, 3.8) is 0 Å². The minimum atomic E-state index is -0.242. The molecule has 1 atom stereocenters. The highest BCUT2D eigenvalue weighted by molar-refractivity contribution is 5.66. The topological polar surface area (TPSA) is 26.3 Å². The molecule has 2 rings (SSSR count). The summed E-state index contributed by atoms with van der Waals surface area (Å²) < 4.78 is 5.85. The SMILES string of the molecule is Cc1ccc2c(c1)C(C=O)CC(C)(C)O2. The number of carbonyl (C=O) groups excluding carboxylic acids is 1. The van der Waals surface area contributed by atoms with E-state index in [1.807, 2.05) is 39.0 Å². The minimum absolute atomic E-state index is 0.0244. The van der Waals surface area contributed by atoms with Gasteiger partial charge in [-0.25, -0.2) is 0 Å². The summed E-state index contributed by atoms with van der Waals surface area (Å²) in [5.41, 5.74) is 1.96. The molecular formula is C13H16O2. The lowest BCUT2D eigenvalue weighted by Crippen LogP contribution is -2.35. The third-order valence-electron chi connectivity index (χ3n) is 2.83. The van der Waals surface area contributed by atoms with Crippen LogP contribution in [-0.4, -0.2) is 11.9 Å². The molecule has 0 radical (unpaired) electrons. The van der Waals surface area contributed by atoms with Crippen LogP contribution in [0.5, 0.6) is 5.75 Å². The molecule has 0 saturated carbocycles. The van der Waals surface area contributed by atoms with E-state index in [1.165, 1.54) is 5.56 Å². The predicted molar refractivity (Wildman–Crippen MR) is 59.3 cm³/mol. The van der Waals surface area contributed by atoms with Gasteiger partial charge in [0.25, 0.3) is 0 Å². The summed E-state index contributed by atoms with van der Waals surface area (Å²) in [7, 11) is 0. The molecule has 2 nitrogen and oxygen atoms in total. The second-order valence-electron chi connectivity index (χ2n) is 4.85. The fraction of sp³-hybridized carbons (Fsp3) is 0.462. The fourth-order valence-electron chi connectivity index (χ4n) is 2.15. The molecule has 1 heterocycles. The fourth-order valence-corrected chi connectivity index (χ4v) is 2.15. The van der Waals surface area contributed by atoms with Gasteiger partial charge in [0.05, 0.1) is 0 Å². The molecule has 0 fully saturated rings. The molecule has 80 valence electrons. The van der Waals surface area contributed by atoms with Gasteiger partial charge in [0.15, 0.2) is 0 Å². The van der Waals surface area contributed by atoms with Gasteiger partial charge in [-0.2, -0.15) is 0 Å². The van der Waals surface area contributed by atoms with Crippen molar-refractivity contribution in [3.8, 4) is 5.75 Å². The van der Waals surface area contributed by atoms with E-state index >= 15 is 0 Å². The highest BCUT2D eigenvalue weighted by Crippen LogP contribution is 2.39. The zero-order valence-corrected chi connectivity index (χ0v) is 9.41. The normalized spacial score (nSPS) is 22.7. The maximum atomic E-state index is 11.1. The standard InChI is InChI=1S/C13H16O2/c1-9-4-5-12-11(6-9)10(8-14)7-13(2,3)15-12/h4-6,8,10H,7H2,1-3H3. The average Bonchev–Trinajstić information content (AvgIpc) is 2.16. The molecule has 0 amide bonds. The molecular weight excluding hydrogens is 188 g/mol. The summed E-state index contributed by atoms with van der Waals surface area (Å²) in [6.45, 7) is 6.07. The molecule has 1 aromatic carbocycles. The summed E-state index contributed by atoms with van der Waals surface area (Å²) in [5, 5.41) is 0. The van der Waals surface area contributed by atoms with Crippen LogP contribution in [0.2, 0.25) is 0 Å². The maximum Gasteiger partial charge on any atom is 0.127 e. The molecule has 0 saturated heterocycles. The van der Waals surface area contributed by atoms with E-state index < -0.39 is 0 Å². The first-order valence-corrected chi connectivity index (χ1v) is 5.27. The Morgan fingerprint density at radius 3 is 2.87 bits per heavy atom. The Bertz CT molecular complexity index is 394. The summed E-state index contributed by atoms with van der Waals surface area (Å²) in [5.74, 6) is 0.831. The number of aldehydes is 1. The average molecular weight is 204 g/mol. The van der Waals surface area contributed by atoms with E-state index in [0.29, 0.717) is 0 Å². The third kappa shape index (κ3) is 1.89. The summed E-state index contributed by atoms with van der Waals surface area (Å²) in [6.07, 6.45) is 1.79. The van der Waals surface area contributed by atoms with Crippen LogP contribution in [0.4, 0.5) is 0 Å². The van der Waals surface area contributed by atoms with Crippen molar-refractivity contribution in [3.05, 3.63) is 29.3 Å². The number of rotatable bonds is 1. The van der Waals surface area contributed by atoms with Gasteiger partial charge in [-0.3, -0.25) is 0 Å². The monoisotopic (exact) mass is 204 g/mol. The van der Waals surface area contributed by atoms with Crippen LogP contribution in [0.3, 0.4) is 0 Å². The molecule has 0 spiro atoms. The maximum absolute atomic E-state index is 11.1. The first-order chi connectivity index (χ1) is 7.02. The van der Waals surface area contributed by atoms with Crippen molar-refractivity contribution in [1.29, 1.82) is 0 Å². The molecule has 1 aliphatic heterocycles. The van der Waals surface area contributed by atoms with Crippen LogP contribution in [0, 0.1) is 6.92 Å². The second-order valence-corrected chi connectivity index (χ2v) is 4.85. The molecule has 0 N–H and O–H groups in total. The summed E-state index contributed by atoms with van der Waals surface area (Å²) in [4.78, 5) is 11.1. The van der Waals surface area contributed by atoms with Gasteiger partial charge in [0.2, 0.25) is 0 Å². The quantitative estimate of drug-likeness (QED) is 0.657. The van der Waals surface area contributed by atoms with E-state index in [9.17, 15) is 4.79 Å². The van der Waals surface area contributed by atoms with Gasteiger partial charge in [-0.05, 0) is 26.8 Å². The van der Waals surface area contributed by atoms with Crippen molar-refractivity contribution in [2.75, 3.05) is 0 Å². The molecule has 0 aliphatic carbocycles. The number of fused-ring (bicyclic) bond motifs is 1. The molecule has 2 heteroatoms. The Morgan fingerprint density at radius 2 is 2.20 bits per heavy atom. The van der Waals surface area contributed by atoms with Crippen LogP contribution in [0.25, 0.3) is 0 Å². The lowest BCUT2D eigenvalue weighted by Gasteiger charge is -2.35. The van der Waals surface area contributed by atoms with E-state index in [-0.39, 0.29) is 11.5 Å². The van der Waals surface area contributed by atoms with E-state index in [1.54, 1.807) is 0 Å². The van der Waals surface area contributed by atoms with Crippen LogP contribution in [0.15, 0.2) is 18.2 Å². The molecule has 1 aromatic rings. The predicted octanol–water partition coefficient (Wildman–Crippen LogP) is 2.84. The Labute approximate surface area is 90.3 Å². The second kappa shape index (κ2) is 3.37. The Hall–Kier alpha value is -1.31. The lowest BCUT2D eigenvalue weighted by molar-refractivity contribution is -0.110. The van der Waals surface area contributed by atoms with Gasteiger partial charge >= 0.3 is 0 Å². The van der Waals surface area contributed by atoms with Crippen molar-refractivity contribution >= 4 is 6.29 Å². The number of carbonyl (C=O) groups is 1. The van der Waals surface area contributed by atoms with Crippen molar-refractivity contribution in [2.45, 2.75) is 38.7 Å². The number of ether oxygens (including phenoxy) is 1. The van der Waals surface area contributed by atoms with E-state index in [4.69, 9.17) is 4.74 Å². The Balaban J connectivity index is 2.49. The zero-order chi connectivity index (χ0) is 11.1. The molecule has 1 unspecified atom stereocenters. The summed E-state index contributed by atoms with van der Waals surface area (Å²) in [6, 6.07) is 6.02. The number of hydrogen-bond donors (Lipinski definition) is 0. The third-order valence-corrected chi connectivity index (χ3v) is 2.83. The van der Waals surface area contributed by atoms with Crippen molar-refractivity contribution < 1.29 is 9.53 Å². The largest absolute Gasteiger partial charge is 0.488 e. The number of benzene rings is 1. The number of aryl methyl sites for hydroxylation is 1. The van der Waals surface area contributed by atoms with Gasteiger partial charge in [-0.15, -0.1) is 0 Å². The summed E-state index contributed by atoms with van der Waals surface area (Å²) >= 11 is 0. The van der Waals surface area contributed by atoms with Gasteiger partial charge in [0.1, 0.15) is 17.6 Å². The molecule has 0 bridgehead atoms. The lowest BCUT2D eigenvalue weighted by atomic mass is 9.85. The molecule has 15 heavy (non-hydrogen) atoms. The highest BCUT2D eigenvalue weighted by atomic mass is 16.5. The Morgan fingerprint density at radius 1 is 1.47 bits per heavy atom. The van der Waals surface area contributed by atoms with Gasteiger partial charge < -0.3 is 9.53 Å². The van der Waals surface area contributed by atoms with Crippen LogP contribution >= 0.6 is 0 Å². The first-order valence-electron chi connectivity index (χ1n) is 5.27. The van der Waals surface area contributed by atoms with Gasteiger partial charge in [0, 0.05) is 17.9 Å². The highest BCUT2D eigenvalue weighted by Gasteiger charge is 2.33. The molecule has 1 aliphatic rings. The van der Waals surface area contributed by atoms with Crippen LogP contribution in [0.1, 0.15) is 37.3 Å². The first kappa shape index (κ1) is 10.2. The minimum Gasteiger partial charge on any atom is -0.488 e. The molecule has 0 aromatic heterocycles. The van der Waals surface area contributed by atoms with Crippen molar-refractivity contribution in [1.82, 2.24) is 0 Å². The zero-order valence-electron chi connectivity index (χ0n) is 9.41. The van der Waals surface area contributed by atoms with Crippen molar-refractivity contribution in [2.24, 2.45) is 0 Å². The van der Waals surface area contributed by atoms with Crippen LogP contribution in [-0.2, 0) is 4.79 Å². The van der Waals surface area contributed by atoms with Gasteiger partial charge in [-0.1, -0.05) is 17.7 Å². The van der Waals surface area contributed by atoms with Crippen LogP contribution < -0.4 is 4.74 Å². The van der Waals surface area contributed by atoms with E-state index in [0.717, 1.165) is 24.0 Å². The van der Waals surface area contributed by atoms with E-state index in [2.05, 4.69) is 0 Å².